The van der Waals surface area contributed by atoms with E-state index in [4.69, 9.17) is 9.47 Å². The number of carbonyl (C=O) groups is 1. The summed E-state index contributed by atoms with van der Waals surface area (Å²) in [4.78, 5) is 12.9. The fourth-order valence-electron chi connectivity index (χ4n) is 3.12. The molecule has 5 heteroatoms. The molecule has 2 N–H and O–H groups in total. The van der Waals surface area contributed by atoms with Gasteiger partial charge in [0.25, 0.3) is 0 Å². The number of aryl methyl sites for hydroxylation is 1. The molecule has 5 nitrogen and oxygen atoms in total. The minimum atomic E-state index is -0.455. The van der Waals surface area contributed by atoms with Gasteiger partial charge < -0.3 is 20.1 Å². The number of hydrogen-bond donors (Lipinski definition) is 2. The number of benzene rings is 1. The number of ether oxygens (including phenoxy) is 2. The van der Waals surface area contributed by atoms with E-state index in [0.717, 1.165) is 49.4 Å². The minimum Gasteiger partial charge on any atom is -0.493 e. The van der Waals surface area contributed by atoms with Crippen molar-refractivity contribution in [2.24, 2.45) is 11.3 Å². The number of amides is 1. The summed E-state index contributed by atoms with van der Waals surface area (Å²) < 4.78 is 11.3. The average Bonchev–Trinajstić information content (AvgIpc) is 2.58. The first-order valence-electron chi connectivity index (χ1n) is 9.21. The van der Waals surface area contributed by atoms with Gasteiger partial charge in [0, 0.05) is 18.9 Å². The van der Waals surface area contributed by atoms with Crippen LogP contribution in [0.25, 0.3) is 0 Å². The highest BCUT2D eigenvalue weighted by molar-refractivity contribution is 5.95. The van der Waals surface area contributed by atoms with Gasteiger partial charge in [-0.15, -0.1) is 0 Å². The molecular weight excluding hydrogens is 316 g/mol. The number of methoxy groups -OCH3 is 1. The Labute approximate surface area is 151 Å². The van der Waals surface area contributed by atoms with Crippen LogP contribution in [0.1, 0.15) is 38.7 Å². The normalized spacial score (nSPS) is 16.7. The first-order valence-corrected chi connectivity index (χ1v) is 9.21. The SMILES string of the molecule is COCC1(C(=O)Nc2ccc(C)c(OCCC(C)C)c2)CCNCC1. The maximum atomic E-state index is 12.9. The Kier molecular flexibility index (Phi) is 7.26. The topological polar surface area (TPSA) is 59.6 Å². The van der Waals surface area contributed by atoms with Crippen LogP contribution in [0.3, 0.4) is 0 Å². The summed E-state index contributed by atoms with van der Waals surface area (Å²) in [5, 5.41) is 6.39. The molecule has 1 aromatic rings. The van der Waals surface area contributed by atoms with Gasteiger partial charge in [0.2, 0.25) is 5.91 Å². The lowest BCUT2D eigenvalue weighted by Crippen LogP contribution is -2.47. The van der Waals surface area contributed by atoms with Crippen molar-refractivity contribution >= 4 is 11.6 Å². The van der Waals surface area contributed by atoms with Crippen LogP contribution in [0.5, 0.6) is 5.75 Å². The highest BCUT2D eigenvalue weighted by Gasteiger charge is 2.39. The minimum absolute atomic E-state index is 0.0350. The molecule has 1 saturated heterocycles. The number of hydrogen-bond acceptors (Lipinski definition) is 4. The van der Waals surface area contributed by atoms with E-state index in [2.05, 4.69) is 24.5 Å². The van der Waals surface area contributed by atoms with Gasteiger partial charge in [0.1, 0.15) is 5.75 Å². The van der Waals surface area contributed by atoms with Gasteiger partial charge in [-0.1, -0.05) is 19.9 Å². The predicted molar refractivity (Wildman–Crippen MR) is 101 cm³/mol. The van der Waals surface area contributed by atoms with Gasteiger partial charge in [0.05, 0.1) is 18.6 Å². The Morgan fingerprint density at radius 2 is 2.04 bits per heavy atom. The Hall–Kier alpha value is -1.59. The molecule has 25 heavy (non-hydrogen) atoms. The largest absolute Gasteiger partial charge is 0.493 e. The summed E-state index contributed by atoms with van der Waals surface area (Å²) in [5.74, 6) is 1.48. The van der Waals surface area contributed by atoms with Crippen LogP contribution < -0.4 is 15.4 Å². The van der Waals surface area contributed by atoms with E-state index in [1.54, 1.807) is 7.11 Å². The third-order valence-electron chi connectivity index (χ3n) is 4.86. The van der Waals surface area contributed by atoms with Crippen molar-refractivity contribution in [3.05, 3.63) is 23.8 Å². The van der Waals surface area contributed by atoms with Crippen molar-refractivity contribution in [3.8, 4) is 5.75 Å². The summed E-state index contributed by atoms with van der Waals surface area (Å²) in [6.45, 7) is 9.21. The highest BCUT2D eigenvalue weighted by atomic mass is 16.5. The lowest BCUT2D eigenvalue weighted by Gasteiger charge is -2.35. The average molecular weight is 348 g/mol. The van der Waals surface area contributed by atoms with Gasteiger partial charge in [0.15, 0.2) is 0 Å². The smallest absolute Gasteiger partial charge is 0.233 e. The van der Waals surface area contributed by atoms with Crippen molar-refractivity contribution in [2.75, 3.05) is 38.7 Å². The molecule has 1 amide bonds. The van der Waals surface area contributed by atoms with Gasteiger partial charge in [-0.2, -0.15) is 0 Å². The molecule has 0 atom stereocenters. The monoisotopic (exact) mass is 348 g/mol. The lowest BCUT2D eigenvalue weighted by atomic mass is 9.78. The first kappa shape index (κ1) is 19.7. The summed E-state index contributed by atoms with van der Waals surface area (Å²) in [6.07, 6.45) is 2.59. The molecule has 0 saturated carbocycles. The molecule has 1 aliphatic rings. The van der Waals surface area contributed by atoms with Crippen LogP contribution in [0.15, 0.2) is 18.2 Å². The number of carbonyl (C=O) groups excluding carboxylic acids is 1. The molecule has 1 fully saturated rings. The van der Waals surface area contributed by atoms with Crippen molar-refractivity contribution in [3.63, 3.8) is 0 Å². The maximum Gasteiger partial charge on any atom is 0.233 e. The second kappa shape index (κ2) is 9.20. The number of rotatable bonds is 8. The Bertz CT molecular complexity index is 561. The van der Waals surface area contributed by atoms with Gasteiger partial charge in [-0.25, -0.2) is 0 Å². The van der Waals surface area contributed by atoms with Gasteiger partial charge in [-0.3, -0.25) is 4.79 Å². The van der Waals surface area contributed by atoms with E-state index in [1.165, 1.54) is 0 Å². The molecule has 1 aromatic carbocycles. The predicted octanol–water partition coefficient (Wildman–Crippen LogP) is 3.37. The van der Waals surface area contributed by atoms with Crippen molar-refractivity contribution < 1.29 is 14.3 Å². The first-order chi connectivity index (χ1) is 12.0. The van der Waals surface area contributed by atoms with E-state index in [-0.39, 0.29) is 5.91 Å². The van der Waals surface area contributed by atoms with Crippen LogP contribution in [0, 0.1) is 18.3 Å². The van der Waals surface area contributed by atoms with E-state index >= 15 is 0 Å². The van der Waals surface area contributed by atoms with Crippen LogP contribution in [-0.4, -0.2) is 39.3 Å². The molecule has 0 aromatic heterocycles. The van der Waals surface area contributed by atoms with Crippen LogP contribution in [0.4, 0.5) is 5.69 Å². The van der Waals surface area contributed by atoms with Gasteiger partial charge >= 0.3 is 0 Å². The molecule has 140 valence electrons. The zero-order valence-electron chi connectivity index (χ0n) is 16.0. The van der Waals surface area contributed by atoms with Crippen LogP contribution >= 0.6 is 0 Å². The molecule has 1 heterocycles. The van der Waals surface area contributed by atoms with Crippen LogP contribution in [0.2, 0.25) is 0 Å². The van der Waals surface area contributed by atoms with E-state index < -0.39 is 5.41 Å². The number of piperidine rings is 1. The van der Waals surface area contributed by atoms with Crippen LogP contribution in [-0.2, 0) is 9.53 Å². The number of nitrogens with one attached hydrogen (secondary N) is 2. The fraction of sp³-hybridized carbons (Fsp3) is 0.650. The molecule has 0 radical (unpaired) electrons. The Morgan fingerprint density at radius 1 is 1.32 bits per heavy atom. The molecule has 0 spiro atoms. The molecule has 0 aliphatic carbocycles. The summed E-state index contributed by atoms with van der Waals surface area (Å²) in [5.41, 5.74) is 1.41. The maximum absolute atomic E-state index is 12.9. The molecule has 1 aliphatic heterocycles. The second-order valence-electron chi connectivity index (χ2n) is 7.43. The highest BCUT2D eigenvalue weighted by Crippen LogP contribution is 2.32. The van der Waals surface area contributed by atoms with E-state index in [9.17, 15) is 4.79 Å². The van der Waals surface area contributed by atoms with Crippen molar-refractivity contribution in [1.29, 1.82) is 0 Å². The molecule has 2 rings (SSSR count). The summed E-state index contributed by atoms with van der Waals surface area (Å²) in [6, 6.07) is 5.85. The second-order valence-corrected chi connectivity index (χ2v) is 7.43. The van der Waals surface area contributed by atoms with Gasteiger partial charge in [-0.05, 0) is 56.8 Å². The zero-order chi connectivity index (χ0) is 18.3. The Balaban J connectivity index is 2.06. The fourth-order valence-corrected chi connectivity index (χ4v) is 3.12. The van der Waals surface area contributed by atoms with Crippen molar-refractivity contribution in [2.45, 2.75) is 40.0 Å². The van der Waals surface area contributed by atoms with Crippen molar-refractivity contribution in [1.82, 2.24) is 5.32 Å². The quantitative estimate of drug-likeness (QED) is 0.756. The lowest BCUT2D eigenvalue weighted by molar-refractivity contribution is -0.130. The molecular formula is C20H32N2O3. The van der Waals surface area contributed by atoms with E-state index in [0.29, 0.717) is 19.1 Å². The summed E-state index contributed by atoms with van der Waals surface area (Å²) in [7, 11) is 1.66. The van der Waals surface area contributed by atoms with E-state index in [1.807, 2.05) is 25.1 Å². The third-order valence-corrected chi connectivity index (χ3v) is 4.86. The summed E-state index contributed by atoms with van der Waals surface area (Å²) >= 11 is 0. The zero-order valence-corrected chi connectivity index (χ0v) is 16.0. The molecule has 0 unspecified atom stereocenters. The number of anilines is 1. The third kappa shape index (κ3) is 5.44. The standard InChI is InChI=1S/C20H32N2O3/c1-15(2)7-12-25-18-13-17(6-5-16(18)3)22-19(23)20(14-24-4)8-10-21-11-9-20/h5-6,13,15,21H,7-12,14H2,1-4H3,(H,22,23). The Morgan fingerprint density at radius 3 is 2.68 bits per heavy atom. The molecule has 0 bridgehead atoms.